The second-order valence-corrected chi connectivity index (χ2v) is 6.26. The maximum absolute atomic E-state index is 4.58. The summed E-state index contributed by atoms with van der Waals surface area (Å²) in [6.07, 6.45) is 9.80. The van der Waals surface area contributed by atoms with Crippen molar-refractivity contribution >= 4 is 5.71 Å². The number of rotatable bonds is 10. The summed E-state index contributed by atoms with van der Waals surface area (Å²) >= 11 is 0. The molecule has 0 aromatic rings. The molecule has 1 heteroatoms. The summed E-state index contributed by atoms with van der Waals surface area (Å²) in [4.78, 5) is 4.58. The zero-order valence-corrected chi connectivity index (χ0v) is 15.6. The van der Waals surface area contributed by atoms with E-state index in [-0.39, 0.29) is 0 Å². The summed E-state index contributed by atoms with van der Waals surface area (Å²) in [7, 11) is 1.92. The fourth-order valence-corrected chi connectivity index (χ4v) is 2.58. The average molecular weight is 302 g/mol. The molecular weight excluding hydrogens is 266 g/mol. The summed E-state index contributed by atoms with van der Waals surface area (Å²) in [5.41, 5.74) is 6.15. The Balaban J connectivity index is 5.20. The third kappa shape index (κ3) is 7.06. The van der Waals surface area contributed by atoms with Crippen molar-refractivity contribution in [3.8, 4) is 0 Å². The largest absolute Gasteiger partial charge is 0.297 e. The van der Waals surface area contributed by atoms with Gasteiger partial charge in [0.05, 0.1) is 0 Å². The molecule has 0 aromatic heterocycles. The number of allylic oxidation sites excluding steroid dienone is 6. The first kappa shape index (κ1) is 20.6. The zero-order valence-electron chi connectivity index (χ0n) is 15.6. The third-order valence-electron chi connectivity index (χ3n) is 4.22. The van der Waals surface area contributed by atoms with Crippen LogP contribution in [0.15, 0.2) is 52.6 Å². The zero-order chi connectivity index (χ0) is 17.1. The smallest absolute Gasteiger partial charge is 0.0276 e. The fraction of sp³-hybridized carbons (Fsp3) is 0.571. The van der Waals surface area contributed by atoms with Crippen molar-refractivity contribution in [2.45, 2.75) is 66.7 Å². The van der Waals surface area contributed by atoms with Crippen molar-refractivity contribution in [1.82, 2.24) is 0 Å². The van der Waals surface area contributed by atoms with E-state index in [0.717, 1.165) is 17.6 Å². The molecule has 0 aliphatic rings. The standard InChI is InChI=1S/C21H35N/c1-9-12-20(13-10-2)21(22-8)15-18(7)19(11-3)14-17(6)16(4)5/h11,14,20H,3,7,9-10,12-13,15H2,1-2,4-6,8H3/b19-14+,22-21?. The summed E-state index contributed by atoms with van der Waals surface area (Å²) in [6, 6.07) is 0. The number of hydrogen-bond acceptors (Lipinski definition) is 1. The fourth-order valence-electron chi connectivity index (χ4n) is 2.58. The molecule has 0 aromatic carbocycles. The van der Waals surface area contributed by atoms with Gasteiger partial charge in [-0.1, -0.05) is 63.1 Å². The first-order valence-corrected chi connectivity index (χ1v) is 8.53. The first-order valence-electron chi connectivity index (χ1n) is 8.53. The van der Waals surface area contributed by atoms with Gasteiger partial charge in [-0.15, -0.1) is 0 Å². The second kappa shape index (κ2) is 11.2. The van der Waals surface area contributed by atoms with Gasteiger partial charge in [0, 0.05) is 19.2 Å². The second-order valence-electron chi connectivity index (χ2n) is 6.26. The van der Waals surface area contributed by atoms with Gasteiger partial charge in [-0.3, -0.25) is 4.99 Å². The molecule has 0 spiro atoms. The van der Waals surface area contributed by atoms with Gasteiger partial charge >= 0.3 is 0 Å². The molecule has 0 heterocycles. The molecule has 22 heavy (non-hydrogen) atoms. The maximum Gasteiger partial charge on any atom is 0.0276 e. The lowest BCUT2D eigenvalue weighted by molar-refractivity contribution is 0.553. The Kier molecular flexibility index (Phi) is 10.5. The van der Waals surface area contributed by atoms with Gasteiger partial charge in [0.2, 0.25) is 0 Å². The van der Waals surface area contributed by atoms with E-state index in [4.69, 9.17) is 0 Å². The molecule has 0 saturated carbocycles. The monoisotopic (exact) mass is 301 g/mol. The summed E-state index contributed by atoms with van der Waals surface area (Å²) < 4.78 is 0. The van der Waals surface area contributed by atoms with Gasteiger partial charge in [-0.05, 0) is 50.7 Å². The maximum atomic E-state index is 4.58. The van der Waals surface area contributed by atoms with E-state index in [1.807, 2.05) is 13.1 Å². The average Bonchev–Trinajstić information content (AvgIpc) is 2.49. The number of aliphatic imine (C=N–C) groups is 1. The van der Waals surface area contributed by atoms with Crippen LogP contribution in [-0.4, -0.2) is 12.8 Å². The Morgan fingerprint density at radius 1 is 1.09 bits per heavy atom. The Morgan fingerprint density at radius 2 is 1.64 bits per heavy atom. The van der Waals surface area contributed by atoms with Gasteiger partial charge in [-0.2, -0.15) is 0 Å². The molecule has 0 aliphatic heterocycles. The van der Waals surface area contributed by atoms with Crippen molar-refractivity contribution in [2.24, 2.45) is 10.9 Å². The molecule has 0 aliphatic carbocycles. The minimum atomic E-state index is 0.590. The molecule has 0 radical (unpaired) electrons. The first-order chi connectivity index (χ1) is 10.4. The van der Waals surface area contributed by atoms with Crippen molar-refractivity contribution in [1.29, 1.82) is 0 Å². The van der Waals surface area contributed by atoms with Crippen LogP contribution in [0.3, 0.4) is 0 Å². The molecule has 0 atom stereocenters. The molecule has 0 N–H and O–H groups in total. The van der Waals surface area contributed by atoms with Crippen LogP contribution in [0, 0.1) is 5.92 Å². The summed E-state index contributed by atoms with van der Waals surface area (Å²) in [6.45, 7) is 19.1. The SMILES string of the molecule is C=C/C(=C\C(C)=C(C)C)C(=C)CC(=NC)C(CCC)CCC. The van der Waals surface area contributed by atoms with Gasteiger partial charge in [0.25, 0.3) is 0 Å². The van der Waals surface area contributed by atoms with Gasteiger partial charge < -0.3 is 0 Å². The summed E-state index contributed by atoms with van der Waals surface area (Å²) in [5, 5.41) is 0. The predicted molar refractivity (Wildman–Crippen MR) is 103 cm³/mol. The van der Waals surface area contributed by atoms with Gasteiger partial charge in [0.15, 0.2) is 0 Å². The minimum absolute atomic E-state index is 0.590. The van der Waals surface area contributed by atoms with E-state index in [2.05, 4.69) is 58.8 Å². The third-order valence-corrected chi connectivity index (χ3v) is 4.22. The van der Waals surface area contributed by atoms with Crippen molar-refractivity contribution < 1.29 is 0 Å². The molecule has 0 amide bonds. The summed E-state index contributed by atoms with van der Waals surface area (Å²) in [5.74, 6) is 0.590. The Bertz CT molecular complexity index is 450. The van der Waals surface area contributed by atoms with Crippen LogP contribution < -0.4 is 0 Å². The minimum Gasteiger partial charge on any atom is -0.297 e. The van der Waals surface area contributed by atoms with E-state index >= 15 is 0 Å². The van der Waals surface area contributed by atoms with Crippen molar-refractivity contribution in [3.05, 3.63) is 47.6 Å². The van der Waals surface area contributed by atoms with Crippen LogP contribution in [0.4, 0.5) is 0 Å². The van der Waals surface area contributed by atoms with E-state index in [1.165, 1.54) is 42.5 Å². The lowest BCUT2D eigenvalue weighted by Gasteiger charge is -2.19. The normalized spacial score (nSPS) is 12.5. The van der Waals surface area contributed by atoms with Crippen LogP contribution in [-0.2, 0) is 0 Å². The van der Waals surface area contributed by atoms with Crippen molar-refractivity contribution in [2.75, 3.05) is 7.05 Å². The molecule has 0 rings (SSSR count). The quantitative estimate of drug-likeness (QED) is 0.315. The highest BCUT2D eigenvalue weighted by Gasteiger charge is 2.15. The topological polar surface area (TPSA) is 12.4 Å². The molecule has 124 valence electrons. The molecule has 1 nitrogen and oxygen atoms in total. The van der Waals surface area contributed by atoms with Crippen LogP contribution >= 0.6 is 0 Å². The molecule has 0 saturated heterocycles. The Hall–Kier alpha value is -1.37. The number of hydrogen-bond donors (Lipinski definition) is 0. The van der Waals surface area contributed by atoms with E-state index in [9.17, 15) is 0 Å². The Labute approximate surface area is 138 Å². The van der Waals surface area contributed by atoms with Gasteiger partial charge in [0.1, 0.15) is 0 Å². The lowest BCUT2D eigenvalue weighted by atomic mass is 9.87. The highest BCUT2D eigenvalue weighted by Crippen LogP contribution is 2.24. The van der Waals surface area contributed by atoms with Crippen molar-refractivity contribution in [3.63, 3.8) is 0 Å². The highest BCUT2D eigenvalue weighted by atomic mass is 14.7. The Morgan fingerprint density at radius 3 is 2.00 bits per heavy atom. The number of nitrogens with zero attached hydrogens (tertiary/aromatic N) is 1. The van der Waals surface area contributed by atoms with Crippen LogP contribution in [0.25, 0.3) is 0 Å². The van der Waals surface area contributed by atoms with Crippen LogP contribution in [0.5, 0.6) is 0 Å². The van der Waals surface area contributed by atoms with E-state index in [0.29, 0.717) is 5.92 Å². The van der Waals surface area contributed by atoms with E-state index in [1.54, 1.807) is 0 Å². The van der Waals surface area contributed by atoms with E-state index < -0.39 is 0 Å². The highest BCUT2D eigenvalue weighted by molar-refractivity contribution is 5.89. The van der Waals surface area contributed by atoms with Crippen LogP contribution in [0.2, 0.25) is 0 Å². The molecule has 0 unspecified atom stereocenters. The van der Waals surface area contributed by atoms with Gasteiger partial charge in [-0.25, -0.2) is 0 Å². The predicted octanol–water partition coefficient (Wildman–Crippen LogP) is 6.69. The molecule has 0 bridgehead atoms. The van der Waals surface area contributed by atoms with Crippen LogP contribution in [0.1, 0.15) is 66.7 Å². The lowest BCUT2D eigenvalue weighted by Crippen LogP contribution is -2.15. The molecular formula is C21H35N. The molecule has 0 fully saturated rings.